The first-order chi connectivity index (χ1) is 8.00. The summed E-state index contributed by atoms with van der Waals surface area (Å²) in [5, 5.41) is 9.82. The first-order valence-corrected chi connectivity index (χ1v) is 6.10. The molecular formula is C13H20N2O2. The number of aliphatic hydroxyl groups excluding tert-OH is 1. The molecule has 4 heteroatoms. The van der Waals surface area contributed by atoms with Gasteiger partial charge in [0.2, 0.25) is 0 Å². The summed E-state index contributed by atoms with van der Waals surface area (Å²) in [6.45, 7) is 5.19. The van der Waals surface area contributed by atoms with E-state index in [0.29, 0.717) is 12.2 Å². The van der Waals surface area contributed by atoms with Crippen LogP contribution in [-0.4, -0.2) is 39.7 Å². The minimum atomic E-state index is -0.394. The largest absolute Gasteiger partial charge is 0.391 e. The van der Waals surface area contributed by atoms with Crippen LogP contribution in [-0.2, 0) is 7.05 Å². The summed E-state index contributed by atoms with van der Waals surface area (Å²) in [6.07, 6.45) is 0.477. The fourth-order valence-corrected chi connectivity index (χ4v) is 2.22. The van der Waals surface area contributed by atoms with Crippen LogP contribution in [0.1, 0.15) is 29.5 Å². The van der Waals surface area contributed by atoms with Crippen molar-refractivity contribution in [2.45, 2.75) is 26.4 Å². The van der Waals surface area contributed by atoms with Crippen LogP contribution in [0.25, 0.3) is 0 Å². The van der Waals surface area contributed by atoms with Gasteiger partial charge in [0, 0.05) is 25.8 Å². The Morgan fingerprint density at radius 3 is 2.71 bits per heavy atom. The number of hydrogen-bond donors (Lipinski definition) is 1. The zero-order valence-electron chi connectivity index (χ0n) is 10.7. The number of hydrogen-bond acceptors (Lipinski definition) is 2. The summed E-state index contributed by atoms with van der Waals surface area (Å²) in [7, 11) is 1.89. The molecule has 2 atom stereocenters. The Morgan fingerprint density at radius 2 is 2.18 bits per heavy atom. The third-order valence-corrected chi connectivity index (χ3v) is 3.80. The van der Waals surface area contributed by atoms with Gasteiger partial charge >= 0.3 is 0 Å². The van der Waals surface area contributed by atoms with Gasteiger partial charge < -0.3 is 14.6 Å². The van der Waals surface area contributed by atoms with E-state index in [1.165, 1.54) is 0 Å². The maximum absolute atomic E-state index is 12.3. The number of aryl methyl sites for hydroxylation is 1. The molecule has 17 heavy (non-hydrogen) atoms. The number of aromatic nitrogens is 1. The number of amides is 1. The summed E-state index contributed by atoms with van der Waals surface area (Å²) in [5.41, 5.74) is 1.77. The molecule has 1 amide bonds. The number of β-amino-alcohol motifs (C(OH)–C–C–N with tert-alkyl or cyclic N) is 1. The lowest BCUT2D eigenvalue weighted by Crippen LogP contribution is -2.46. The highest BCUT2D eigenvalue weighted by Gasteiger charge is 2.28. The van der Waals surface area contributed by atoms with Gasteiger partial charge in [-0.1, -0.05) is 6.92 Å². The van der Waals surface area contributed by atoms with Crippen molar-refractivity contribution in [1.29, 1.82) is 0 Å². The Labute approximate surface area is 102 Å². The molecule has 0 spiro atoms. The molecule has 0 aromatic carbocycles. The van der Waals surface area contributed by atoms with E-state index in [-0.39, 0.29) is 11.8 Å². The number of piperidine rings is 1. The molecule has 1 aromatic heterocycles. The van der Waals surface area contributed by atoms with E-state index in [9.17, 15) is 9.90 Å². The molecule has 1 aliphatic heterocycles. The molecule has 1 saturated heterocycles. The van der Waals surface area contributed by atoms with E-state index < -0.39 is 6.10 Å². The van der Waals surface area contributed by atoms with Crippen molar-refractivity contribution in [1.82, 2.24) is 9.47 Å². The summed E-state index contributed by atoms with van der Waals surface area (Å²) < 4.78 is 1.90. The van der Waals surface area contributed by atoms with Crippen molar-refractivity contribution in [3.63, 3.8) is 0 Å². The predicted molar refractivity (Wildman–Crippen MR) is 65.8 cm³/mol. The molecule has 0 aliphatic carbocycles. The van der Waals surface area contributed by atoms with E-state index in [4.69, 9.17) is 0 Å². The van der Waals surface area contributed by atoms with Crippen molar-refractivity contribution >= 4 is 5.91 Å². The maximum Gasteiger partial charge on any atom is 0.270 e. The third kappa shape index (κ3) is 2.22. The zero-order chi connectivity index (χ0) is 12.6. The van der Waals surface area contributed by atoms with Gasteiger partial charge in [-0.25, -0.2) is 0 Å². The number of carbonyl (C=O) groups excluding carboxylic acids is 1. The van der Waals surface area contributed by atoms with E-state index in [0.717, 1.165) is 18.7 Å². The summed E-state index contributed by atoms with van der Waals surface area (Å²) >= 11 is 0. The smallest absolute Gasteiger partial charge is 0.270 e. The fraction of sp³-hybridized carbons (Fsp3) is 0.615. The number of aliphatic hydroxyl groups is 1. The lowest BCUT2D eigenvalue weighted by molar-refractivity contribution is 0.0243. The van der Waals surface area contributed by atoms with Crippen molar-refractivity contribution < 1.29 is 9.90 Å². The van der Waals surface area contributed by atoms with Crippen LogP contribution in [0, 0.1) is 12.8 Å². The molecule has 2 heterocycles. The normalized spacial score (nSPS) is 25.1. The second-order valence-corrected chi connectivity index (χ2v) is 5.00. The van der Waals surface area contributed by atoms with E-state index in [2.05, 4.69) is 0 Å². The predicted octanol–water partition coefficient (Wildman–Crippen LogP) is 1.18. The minimum Gasteiger partial charge on any atom is -0.391 e. The Bertz CT molecular complexity index is 425. The number of rotatable bonds is 1. The van der Waals surface area contributed by atoms with Gasteiger partial charge in [0.15, 0.2) is 0 Å². The summed E-state index contributed by atoms with van der Waals surface area (Å²) in [5.74, 6) is 0.306. The average molecular weight is 236 g/mol. The molecule has 1 aliphatic rings. The summed E-state index contributed by atoms with van der Waals surface area (Å²) in [4.78, 5) is 14.0. The lowest BCUT2D eigenvalue weighted by Gasteiger charge is -2.34. The monoisotopic (exact) mass is 236 g/mol. The van der Waals surface area contributed by atoms with Crippen LogP contribution in [0.2, 0.25) is 0 Å². The molecular weight excluding hydrogens is 216 g/mol. The second kappa shape index (κ2) is 4.53. The van der Waals surface area contributed by atoms with Crippen LogP contribution in [0.3, 0.4) is 0 Å². The standard InChI is InChI=1S/C13H20N2O2/c1-9-6-7-15(8-12(9)16)13(17)11-5-4-10(2)14(11)3/h4-5,9,12,16H,6-8H2,1-3H3. The highest BCUT2D eigenvalue weighted by Crippen LogP contribution is 2.19. The topological polar surface area (TPSA) is 45.5 Å². The molecule has 0 saturated carbocycles. The van der Waals surface area contributed by atoms with E-state index in [1.807, 2.05) is 37.6 Å². The Morgan fingerprint density at radius 1 is 1.47 bits per heavy atom. The number of carbonyl (C=O) groups is 1. The zero-order valence-corrected chi connectivity index (χ0v) is 10.7. The molecule has 0 radical (unpaired) electrons. The van der Waals surface area contributed by atoms with Crippen LogP contribution in [0.15, 0.2) is 12.1 Å². The van der Waals surface area contributed by atoms with Gasteiger partial charge in [0.1, 0.15) is 5.69 Å². The highest BCUT2D eigenvalue weighted by molar-refractivity contribution is 5.93. The SMILES string of the molecule is Cc1ccc(C(=O)N2CCC(C)C(O)C2)n1C. The van der Waals surface area contributed by atoms with Crippen LogP contribution in [0.4, 0.5) is 0 Å². The van der Waals surface area contributed by atoms with Gasteiger partial charge in [0.25, 0.3) is 5.91 Å². The summed E-state index contributed by atoms with van der Waals surface area (Å²) in [6, 6.07) is 3.79. The Kier molecular flexibility index (Phi) is 3.24. The maximum atomic E-state index is 12.3. The minimum absolute atomic E-state index is 0.0200. The van der Waals surface area contributed by atoms with Crippen molar-refractivity contribution in [3.8, 4) is 0 Å². The van der Waals surface area contributed by atoms with Gasteiger partial charge in [-0.2, -0.15) is 0 Å². The molecule has 2 unspecified atom stereocenters. The Balaban J connectivity index is 2.13. The lowest BCUT2D eigenvalue weighted by atomic mass is 9.96. The molecule has 1 fully saturated rings. The molecule has 1 aromatic rings. The molecule has 0 bridgehead atoms. The first kappa shape index (κ1) is 12.2. The van der Waals surface area contributed by atoms with E-state index in [1.54, 1.807) is 4.90 Å². The van der Waals surface area contributed by atoms with E-state index >= 15 is 0 Å². The van der Waals surface area contributed by atoms with Gasteiger partial charge in [0.05, 0.1) is 6.10 Å². The molecule has 2 rings (SSSR count). The van der Waals surface area contributed by atoms with Crippen molar-refractivity contribution in [3.05, 3.63) is 23.5 Å². The highest BCUT2D eigenvalue weighted by atomic mass is 16.3. The van der Waals surface area contributed by atoms with Crippen LogP contribution < -0.4 is 0 Å². The fourth-order valence-electron chi connectivity index (χ4n) is 2.22. The number of nitrogens with zero attached hydrogens (tertiary/aromatic N) is 2. The molecule has 4 nitrogen and oxygen atoms in total. The van der Waals surface area contributed by atoms with Crippen LogP contribution in [0.5, 0.6) is 0 Å². The first-order valence-electron chi connectivity index (χ1n) is 6.10. The van der Waals surface area contributed by atoms with Gasteiger partial charge in [-0.15, -0.1) is 0 Å². The van der Waals surface area contributed by atoms with Gasteiger partial charge in [-0.05, 0) is 31.4 Å². The Hall–Kier alpha value is -1.29. The third-order valence-electron chi connectivity index (χ3n) is 3.80. The van der Waals surface area contributed by atoms with Crippen LogP contribution >= 0.6 is 0 Å². The molecule has 1 N–H and O–H groups in total. The second-order valence-electron chi connectivity index (χ2n) is 5.00. The van der Waals surface area contributed by atoms with Crippen molar-refractivity contribution in [2.75, 3.05) is 13.1 Å². The molecule has 94 valence electrons. The average Bonchev–Trinajstić information content (AvgIpc) is 2.63. The van der Waals surface area contributed by atoms with Crippen molar-refractivity contribution in [2.24, 2.45) is 13.0 Å². The van der Waals surface area contributed by atoms with Gasteiger partial charge in [-0.3, -0.25) is 4.79 Å². The number of likely N-dealkylation sites (tertiary alicyclic amines) is 1. The quantitative estimate of drug-likeness (QED) is 0.795.